The number of benzene rings is 1. The quantitative estimate of drug-likeness (QED) is 0.724. The van der Waals surface area contributed by atoms with E-state index in [2.05, 4.69) is 0 Å². The number of alkyl halides is 1. The van der Waals surface area contributed by atoms with Crippen LogP contribution >= 0.6 is 23.2 Å². The normalized spacial score (nSPS) is 25.8. The second kappa shape index (κ2) is 4.69. The zero-order valence-corrected chi connectivity index (χ0v) is 9.56. The average molecular weight is 249 g/mol. The molecule has 1 heterocycles. The Bertz CT molecular complexity index is 356. The van der Waals surface area contributed by atoms with Gasteiger partial charge in [-0.3, -0.25) is 0 Å². The molecule has 0 amide bonds. The maximum atomic E-state index is 13.5. The third kappa shape index (κ3) is 2.27. The summed E-state index contributed by atoms with van der Waals surface area (Å²) in [4.78, 5) is 0. The first-order valence-electron chi connectivity index (χ1n) is 4.85. The van der Waals surface area contributed by atoms with Crippen LogP contribution in [0.15, 0.2) is 18.2 Å². The largest absolute Gasteiger partial charge is 0.373 e. The van der Waals surface area contributed by atoms with Gasteiger partial charge in [-0.15, -0.1) is 11.6 Å². The van der Waals surface area contributed by atoms with Gasteiger partial charge in [-0.25, -0.2) is 4.39 Å². The van der Waals surface area contributed by atoms with Crippen molar-refractivity contribution in [1.82, 2.24) is 0 Å². The third-order valence-electron chi connectivity index (χ3n) is 2.68. The van der Waals surface area contributed by atoms with Crippen LogP contribution in [0.3, 0.4) is 0 Å². The number of halogens is 3. The van der Waals surface area contributed by atoms with Gasteiger partial charge in [0.1, 0.15) is 5.82 Å². The lowest BCUT2D eigenvalue weighted by Gasteiger charge is -2.17. The van der Waals surface area contributed by atoms with E-state index in [1.807, 2.05) is 0 Å². The molecule has 0 N–H and O–H groups in total. The molecule has 1 aliphatic heterocycles. The highest BCUT2D eigenvalue weighted by atomic mass is 35.5. The summed E-state index contributed by atoms with van der Waals surface area (Å²) in [5, 5.41) is 0.523. The van der Waals surface area contributed by atoms with E-state index in [0.717, 1.165) is 6.42 Å². The van der Waals surface area contributed by atoms with Gasteiger partial charge < -0.3 is 4.74 Å². The summed E-state index contributed by atoms with van der Waals surface area (Å²) in [7, 11) is 0. The Morgan fingerprint density at radius 1 is 1.47 bits per heavy atom. The van der Waals surface area contributed by atoms with E-state index in [0.29, 0.717) is 23.1 Å². The van der Waals surface area contributed by atoms with Crippen LogP contribution < -0.4 is 0 Å². The summed E-state index contributed by atoms with van der Waals surface area (Å²) in [6.07, 6.45) is 0.626. The number of rotatable bonds is 2. The third-order valence-corrected chi connectivity index (χ3v) is 3.31. The van der Waals surface area contributed by atoms with E-state index in [4.69, 9.17) is 27.9 Å². The standard InChI is InChI=1S/C11H11Cl2FO/c12-6-7-3-4-15-11(7)9-5-8(13)1-2-10(9)14/h1-2,5,7,11H,3-4,6H2. The van der Waals surface area contributed by atoms with Gasteiger partial charge in [0, 0.05) is 29.0 Å². The molecule has 1 fully saturated rings. The lowest BCUT2D eigenvalue weighted by atomic mass is 9.97. The minimum atomic E-state index is -0.276. The highest BCUT2D eigenvalue weighted by molar-refractivity contribution is 6.30. The molecule has 0 radical (unpaired) electrons. The fraction of sp³-hybridized carbons (Fsp3) is 0.455. The summed E-state index contributed by atoms with van der Waals surface area (Å²) < 4.78 is 19.0. The Hall–Kier alpha value is -0.310. The van der Waals surface area contributed by atoms with Crippen molar-refractivity contribution in [2.45, 2.75) is 12.5 Å². The molecule has 0 spiro atoms. The first kappa shape index (κ1) is 11.2. The molecule has 0 saturated carbocycles. The smallest absolute Gasteiger partial charge is 0.129 e. The summed E-state index contributed by atoms with van der Waals surface area (Å²) in [6, 6.07) is 4.52. The van der Waals surface area contributed by atoms with Gasteiger partial charge in [-0.1, -0.05) is 11.6 Å². The van der Waals surface area contributed by atoms with Crippen molar-refractivity contribution in [3.63, 3.8) is 0 Å². The Morgan fingerprint density at radius 3 is 3.00 bits per heavy atom. The van der Waals surface area contributed by atoms with Crippen LogP contribution in [0, 0.1) is 11.7 Å². The molecular weight excluding hydrogens is 238 g/mol. The van der Waals surface area contributed by atoms with E-state index in [-0.39, 0.29) is 17.8 Å². The molecule has 0 aliphatic carbocycles. The Kier molecular flexibility index (Phi) is 3.49. The number of hydrogen-bond donors (Lipinski definition) is 0. The lowest BCUT2D eigenvalue weighted by molar-refractivity contribution is 0.0921. The predicted octanol–water partition coefficient (Wildman–Crippen LogP) is 3.80. The Morgan fingerprint density at radius 2 is 2.27 bits per heavy atom. The monoisotopic (exact) mass is 248 g/mol. The van der Waals surface area contributed by atoms with Crippen LogP contribution in [0.1, 0.15) is 18.1 Å². The first-order valence-corrected chi connectivity index (χ1v) is 5.76. The Balaban J connectivity index is 2.31. The minimum Gasteiger partial charge on any atom is -0.373 e. The molecule has 2 rings (SSSR count). The molecule has 1 saturated heterocycles. The molecular formula is C11H11Cl2FO. The summed E-state index contributed by atoms with van der Waals surface area (Å²) in [5.41, 5.74) is 0.519. The second-order valence-electron chi connectivity index (χ2n) is 3.66. The lowest BCUT2D eigenvalue weighted by Crippen LogP contribution is -2.10. The van der Waals surface area contributed by atoms with Crippen LogP contribution in [0.4, 0.5) is 4.39 Å². The first-order chi connectivity index (χ1) is 7.22. The van der Waals surface area contributed by atoms with Gasteiger partial charge in [-0.2, -0.15) is 0 Å². The van der Waals surface area contributed by atoms with Gasteiger partial charge in [0.15, 0.2) is 0 Å². The van der Waals surface area contributed by atoms with Gasteiger partial charge in [0.2, 0.25) is 0 Å². The highest BCUT2D eigenvalue weighted by Crippen LogP contribution is 2.37. The predicted molar refractivity (Wildman–Crippen MR) is 58.9 cm³/mol. The van der Waals surface area contributed by atoms with Crippen LogP contribution in [0.5, 0.6) is 0 Å². The molecule has 0 aromatic heterocycles. The van der Waals surface area contributed by atoms with E-state index in [1.165, 1.54) is 12.1 Å². The molecule has 15 heavy (non-hydrogen) atoms. The zero-order chi connectivity index (χ0) is 10.8. The van der Waals surface area contributed by atoms with Crippen molar-refractivity contribution in [3.8, 4) is 0 Å². The topological polar surface area (TPSA) is 9.23 Å². The van der Waals surface area contributed by atoms with Crippen LogP contribution in [0.25, 0.3) is 0 Å². The number of ether oxygens (including phenoxy) is 1. The molecule has 2 unspecified atom stereocenters. The average Bonchev–Trinajstić information content (AvgIpc) is 2.69. The summed E-state index contributed by atoms with van der Waals surface area (Å²) >= 11 is 11.6. The van der Waals surface area contributed by atoms with Gasteiger partial charge >= 0.3 is 0 Å². The number of hydrogen-bond acceptors (Lipinski definition) is 1. The van der Waals surface area contributed by atoms with Crippen LogP contribution in [-0.2, 0) is 4.74 Å². The second-order valence-corrected chi connectivity index (χ2v) is 4.41. The molecule has 1 aromatic rings. The SMILES string of the molecule is Fc1ccc(Cl)cc1C1OCCC1CCl. The van der Waals surface area contributed by atoms with E-state index >= 15 is 0 Å². The molecule has 82 valence electrons. The van der Waals surface area contributed by atoms with Crippen molar-refractivity contribution in [1.29, 1.82) is 0 Å². The van der Waals surface area contributed by atoms with Crippen LogP contribution in [0.2, 0.25) is 5.02 Å². The fourth-order valence-electron chi connectivity index (χ4n) is 1.87. The maximum absolute atomic E-state index is 13.5. The van der Waals surface area contributed by atoms with E-state index in [1.54, 1.807) is 6.07 Å². The molecule has 1 aliphatic rings. The van der Waals surface area contributed by atoms with E-state index < -0.39 is 0 Å². The molecule has 1 nitrogen and oxygen atoms in total. The van der Waals surface area contributed by atoms with Crippen molar-refractivity contribution in [3.05, 3.63) is 34.6 Å². The highest BCUT2D eigenvalue weighted by Gasteiger charge is 2.30. The van der Waals surface area contributed by atoms with Crippen molar-refractivity contribution in [2.75, 3.05) is 12.5 Å². The zero-order valence-electron chi connectivity index (χ0n) is 8.05. The Labute approximate surface area is 98.1 Å². The summed E-state index contributed by atoms with van der Waals surface area (Å²) in [6.45, 7) is 0.633. The fourth-order valence-corrected chi connectivity index (χ4v) is 2.36. The van der Waals surface area contributed by atoms with Gasteiger partial charge in [0.05, 0.1) is 6.10 Å². The molecule has 2 atom stereocenters. The van der Waals surface area contributed by atoms with Crippen molar-refractivity contribution < 1.29 is 9.13 Å². The maximum Gasteiger partial charge on any atom is 0.129 e. The van der Waals surface area contributed by atoms with Crippen molar-refractivity contribution in [2.24, 2.45) is 5.92 Å². The van der Waals surface area contributed by atoms with E-state index in [9.17, 15) is 4.39 Å². The summed E-state index contributed by atoms with van der Waals surface area (Å²) in [5.74, 6) is 0.387. The minimum absolute atomic E-state index is 0.180. The van der Waals surface area contributed by atoms with Crippen LogP contribution in [-0.4, -0.2) is 12.5 Å². The molecule has 1 aromatic carbocycles. The van der Waals surface area contributed by atoms with Crippen molar-refractivity contribution >= 4 is 23.2 Å². The van der Waals surface area contributed by atoms with Gasteiger partial charge in [-0.05, 0) is 24.6 Å². The molecule has 4 heteroatoms. The molecule has 0 bridgehead atoms. The van der Waals surface area contributed by atoms with Gasteiger partial charge in [0.25, 0.3) is 0 Å².